The van der Waals surface area contributed by atoms with Crippen LogP contribution in [0, 0.1) is 0 Å². The Balaban J connectivity index is 1.85. The lowest BCUT2D eigenvalue weighted by Crippen LogP contribution is -3.27. The maximum absolute atomic E-state index is 11.9. The van der Waals surface area contributed by atoms with Gasteiger partial charge in [0.2, 0.25) is 0 Å². The van der Waals surface area contributed by atoms with Crippen molar-refractivity contribution in [3.8, 4) is 11.5 Å². The Morgan fingerprint density at radius 3 is 2.65 bits per heavy atom. The molecule has 23 heavy (non-hydrogen) atoms. The maximum Gasteiger partial charge on any atom is 0.295 e. The fraction of sp³-hybridized carbons (Fsp3) is 0.500. The van der Waals surface area contributed by atoms with Gasteiger partial charge in [-0.1, -0.05) is 0 Å². The van der Waals surface area contributed by atoms with Gasteiger partial charge in [-0.2, -0.15) is 5.10 Å². The van der Waals surface area contributed by atoms with Gasteiger partial charge in [-0.25, -0.2) is 5.43 Å². The molecule has 1 fully saturated rings. The quantitative estimate of drug-likeness (QED) is 0.403. The molecular formula is C16H26N4O3+2. The third-order valence-electron chi connectivity index (χ3n) is 4.05. The Hall–Kier alpha value is -2.12. The third kappa shape index (κ3) is 5.22. The van der Waals surface area contributed by atoms with E-state index in [2.05, 4.69) is 17.6 Å². The third-order valence-corrected chi connectivity index (χ3v) is 4.05. The highest BCUT2D eigenvalue weighted by atomic mass is 16.5. The number of nitrogens with zero attached hydrogens (tertiary/aromatic N) is 1. The van der Waals surface area contributed by atoms with Gasteiger partial charge in [-0.3, -0.25) is 4.79 Å². The number of likely N-dealkylation sites (N-methyl/N-ethyl adjacent to an activating group) is 1. The van der Waals surface area contributed by atoms with Crippen molar-refractivity contribution in [3.63, 3.8) is 0 Å². The van der Waals surface area contributed by atoms with Crippen molar-refractivity contribution < 1.29 is 24.1 Å². The summed E-state index contributed by atoms with van der Waals surface area (Å²) in [7, 11) is 5.37. The number of hydrogen-bond acceptors (Lipinski definition) is 4. The number of amides is 1. The lowest BCUT2D eigenvalue weighted by atomic mass is 10.2. The maximum atomic E-state index is 11.9. The molecule has 0 radical (unpaired) electrons. The lowest BCUT2D eigenvalue weighted by molar-refractivity contribution is -1.000. The summed E-state index contributed by atoms with van der Waals surface area (Å²) >= 11 is 0. The minimum absolute atomic E-state index is 0.0664. The standard InChI is InChI=1S/C16H24N4O3/c1-19-6-8-20(9-7-19)12-16(21)18-17-11-13-4-5-14(22-2)10-15(13)23-3/h4-5,10-11H,6-9,12H2,1-3H3,(H,18,21)/p+2/b17-11+. The summed E-state index contributed by atoms with van der Waals surface area (Å²) in [5, 5.41) is 4.02. The minimum atomic E-state index is -0.0664. The molecular weight excluding hydrogens is 296 g/mol. The molecule has 126 valence electrons. The van der Waals surface area contributed by atoms with Crippen LogP contribution in [0.15, 0.2) is 23.3 Å². The van der Waals surface area contributed by atoms with Crippen LogP contribution in [-0.2, 0) is 4.79 Å². The van der Waals surface area contributed by atoms with Crippen molar-refractivity contribution in [3.05, 3.63) is 23.8 Å². The summed E-state index contributed by atoms with van der Waals surface area (Å²) < 4.78 is 10.4. The van der Waals surface area contributed by atoms with E-state index in [1.165, 1.54) is 9.80 Å². The highest BCUT2D eigenvalue weighted by Gasteiger charge is 2.21. The van der Waals surface area contributed by atoms with E-state index in [0.29, 0.717) is 18.0 Å². The van der Waals surface area contributed by atoms with Crippen LogP contribution in [0.2, 0.25) is 0 Å². The van der Waals surface area contributed by atoms with E-state index in [-0.39, 0.29) is 5.91 Å². The predicted octanol–water partition coefficient (Wildman–Crippen LogP) is -2.43. The van der Waals surface area contributed by atoms with E-state index in [1.807, 2.05) is 12.1 Å². The molecule has 2 rings (SSSR count). The molecule has 1 aliphatic heterocycles. The van der Waals surface area contributed by atoms with E-state index in [9.17, 15) is 4.79 Å². The average Bonchev–Trinajstić information content (AvgIpc) is 2.57. The molecule has 7 nitrogen and oxygen atoms in total. The first-order valence-corrected chi connectivity index (χ1v) is 7.81. The Labute approximate surface area is 136 Å². The Kier molecular flexibility index (Phi) is 6.37. The molecule has 0 saturated carbocycles. The summed E-state index contributed by atoms with van der Waals surface area (Å²) in [4.78, 5) is 14.8. The van der Waals surface area contributed by atoms with Crippen LogP contribution >= 0.6 is 0 Å². The van der Waals surface area contributed by atoms with E-state index in [1.54, 1.807) is 26.5 Å². The van der Waals surface area contributed by atoms with Gasteiger partial charge in [0.1, 0.15) is 37.7 Å². The van der Waals surface area contributed by atoms with E-state index >= 15 is 0 Å². The van der Waals surface area contributed by atoms with Crippen LogP contribution in [0.25, 0.3) is 0 Å². The molecule has 1 aromatic carbocycles. The van der Waals surface area contributed by atoms with Gasteiger partial charge in [0.15, 0.2) is 6.54 Å². The van der Waals surface area contributed by atoms with Crippen molar-refractivity contribution in [1.82, 2.24) is 5.43 Å². The summed E-state index contributed by atoms with van der Waals surface area (Å²) in [5.41, 5.74) is 3.37. The SMILES string of the molecule is COc1ccc(/C=N/NC(=O)C[NH+]2CC[NH+](C)CC2)c(OC)c1. The molecule has 1 heterocycles. The smallest absolute Gasteiger partial charge is 0.295 e. The number of ether oxygens (including phenoxy) is 2. The molecule has 0 unspecified atom stereocenters. The topological polar surface area (TPSA) is 68.8 Å². The average molecular weight is 322 g/mol. The first kappa shape index (κ1) is 17.2. The Morgan fingerprint density at radius 1 is 1.26 bits per heavy atom. The van der Waals surface area contributed by atoms with Crippen LogP contribution in [0.4, 0.5) is 0 Å². The number of methoxy groups -OCH3 is 2. The molecule has 1 aromatic rings. The van der Waals surface area contributed by atoms with Gasteiger partial charge in [-0.05, 0) is 12.1 Å². The molecule has 1 amide bonds. The van der Waals surface area contributed by atoms with Gasteiger partial charge < -0.3 is 19.3 Å². The van der Waals surface area contributed by atoms with Crippen LogP contribution in [-0.4, -0.2) is 66.1 Å². The molecule has 0 atom stereocenters. The van der Waals surface area contributed by atoms with Gasteiger partial charge in [0.05, 0.1) is 27.5 Å². The minimum Gasteiger partial charge on any atom is -0.497 e. The van der Waals surface area contributed by atoms with Crippen LogP contribution in [0.3, 0.4) is 0 Å². The summed E-state index contributed by atoms with van der Waals surface area (Å²) in [6, 6.07) is 5.43. The number of rotatable bonds is 6. The van der Waals surface area contributed by atoms with Crippen molar-refractivity contribution >= 4 is 12.1 Å². The Morgan fingerprint density at radius 2 is 2.00 bits per heavy atom. The molecule has 0 aliphatic carbocycles. The van der Waals surface area contributed by atoms with Gasteiger partial charge in [-0.15, -0.1) is 0 Å². The van der Waals surface area contributed by atoms with Gasteiger partial charge >= 0.3 is 0 Å². The molecule has 3 N–H and O–H groups in total. The largest absolute Gasteiger partial charge is 0.497 e. The van der Waals surface area contributed by atoms with Crippen LogP contribution in [0.1, 0.15) is 5.56 Å². The first-order chi connectivity index (χ1) is 11.1. The lowest BCUT2D eigenvalue weighted by Gasteiger charge is -2.26. The monoisotopic (exact) mass is 322 g/mol. The first-order valence-electron chi connectivity index (χ1n) is 7.81. The number of nitrogens with one attached hydrogen (secondary N) is 3. The number of piperazine rings is 1. The zero-order chi connectivity index (χ0) is 16.7. The second-order valence-corrected chi connectivity index (χ2v) is 5.78. The predicted molar refractivity (Wildman–Crippen MR) is 87.5 cm³/mol. The second-order valence-electron chi connectivity index (χ2n) is 5.78. The molecule has 0 spiro atoms. The molecule has 0 bridgehead atoms. The van der Waals surface area contributed by atoms with Gasteiger partial charge in [0, 0.05) is 11.6 Å². The van der Waals surface area contributed by atoms with Crippen LogP contribution in [0.5, 0.6) is 11.5 Å². The second kappa shape index (κ2) is 8.50. The molecule has 7 heteroatoms. The molecule has 1 saturated heterocycles. The molecule has 0 aromatic heterocycles. The summed E-state index contributed by atoms with van der Waals surface area (Å²) in [6.07, 6.45) is 1.58. The Bertz CT molecular complexity index is 554. The van der Waals surface area contributed by atoms with Crippen molar-refractivity contribution in [2.24, 2.45) is 5.10 Å². The highest BCUT2D eigenvalue weighted by Crippen LogP contribution is 2.22. The molecule has 1 aliphatic rings. The zero-order valence-electron chi connectivity index (χ0n) is 14.0. The van der Waals surface area contributed by atoms with Crippen molar-refractivity contribution in [2.75, 3.05) is 54.0 Å². The number of benzene rings is 1. The van der Waals surface area contributed by atoms with E-state index < -0.39 is 0 Å². The van der Waals surface area contributed by atoms with Crippen molar-refractivity contribution in [2.45, 2.75) is 0 Å². The van der Waals surface area contributed by atoms with Crippen LogP contribution < -0.4 is 24.7 Å². The highest BCUT2D eigenvalue weighted by molar-refractivity contribution is 5.85. The van der Waals surface area contributed by atoms with Gasteiger partial charge in [0.25, 0.3) is 5.91 Å². The normalized spacial score (nSPS) is 21.2. The summed E-state index contributed by atoms with van der Waals surface area (Å²) in [5.74, 6) is 1.29. The fourth-order valence-corrected chi connectivity index (χ4v) is 2.57. The summed E-state index contributed by atoms with van der Waals surface area (Å²) in [6.45, 7) is 4.72. The fourth-order valence-electron chi connectivity index (χ4n) is 2.57. The zero-order valence-corrected chi connectivity index (χ0v) is 14.0. The van der Waals surface area contributed by atoms with E-state index in [0.717, 1.165) is 31.7 Å². The number of carbonyl (C=O) groups is 1. The number of hydrazone groups is 1. The number of hydrogen-bond donors (Lipinski definition) is 3. The van der Waals surface area contributed by atoms with Crippen molar-refractivity contribution in [1.29, 1.82) is 0 Å². The van der Waals surface area contributed by atoms with E-state index in [4.69, 9.17) is 9.47 Å². The number of quaternary nitrogens is 2. The number of carbonyl (C=O) groups excluding carboxylic acids is 1.